The summed E-state index contributed by atoms with van der Waals surface area (Å²) in [6.07, 6.45) is 0. The molecule has 0 spiro atoms. The Bertz CT molecular complexity index is 475. The fourth-order valence-electron chi connectivity index (χ4n) is 1.23. The van der Waals surface area contributed by atoms with Gasteiger partial charge in [0.1, 0.15) is 0 Å². The van der Waals surface area contributed by atoms with Crippen molar-refractivity contribution >= 4 is 27.5 Å². The number of rotatable bonds is 1. The highest BCUT2D eigenvalue weighted by Crippen LogP contribution is 2.24. The Morgan fingerprint density at radius 2 is 2.31 bits per heavy atom. The van der Waals surface area contributed by atoms with E-state index in [0.29, 0.717) is 5.56 Å². The standard InChI is InChI=1S/C9H7NO2S/c1-5-10-7-4-2-3-6(9(11)12)8(7)13-5/h2-4H,1H3,(H,11,12). The Kier molecular flexibility index (Phi) is 1.77. The molecule has 1 aromatic heterocycles. The lowest BCUT2D eigenvalue weighted by Gasteiger charge is -1.93. The molecular weight excluding hydrogens is 186 g/mol. The van der Waals surface area contributed by atoms with Crippen molar-refractivity contribution in [1.29, 1.82) is 0 Å². The zero-order valence-electron chi connectivity index (χ0n) is 6.94. The number of carboxylic acid groups (broad SMARTS) is 1. The first-order valence-electron chi connectivity index (χ1n) is 3.78. The van der Waals surface area contributed by atoms with Gasteiger partial charge in [-0.05, 0) is 19.1 Å². The minimum Gasteiger partial charge on any atom is -0.478 e. The van der Waals surface area contributed by atoms with Gasteiger partial charge in [0.05, 0.1) is 20.8 Å². The van der Waals surface area contributed by atoms with Crippen LogP contribution in [0, 0.1) is 6.92 Å². The van der Waals surface area contributed by atoms with Gasteiger partial charge in [0.15, 0.2) is 0 Å². The topological polar surface area (TPSA) is 50.2 Å². The average molecular weight is 193 g/mol. The molecule has 1 aromatic carbocycles. The number of aromatic nitrogens is 1. The van der Waals surface area contributed by atoms with Crippen molar-refractivity contribution in [1.82, 2.24) is 4.98 Å². The Morgan fingerprint density at radius 1 is 1.54 bits per heavy atom. The van der Waals surface area contributed by atoms with Gasteiger partial charge in [0.25, 0.3) is 0 Å². The number of fused-ring (bicyclic) bond motifs is 1. The van der Waals surface area contributed by atoms with E-state index < -0.39 is 5.97 Å². The van der Waals surface area contributed by atoms with Crippen molar-refractivity contribution in [2.45, 2.75) is 6.92 Å². The van der Waals surface area contributed by atoms with Crippen LogP contribution >= 0.6 is 11.3 Å². The van der Waals surface area contributed by atoms with Gasteiger partial charge in [-0.2, -0.15) is 0 Å². The molecule has 66 valence electrons. The summed E-state index contributed by atoms with van der Waals surface area (Å²) >= 11 is 1.42. The van der Waals surface area contributed by atoms with Crippen LogP contribution in [0.1, 0.15) is 15.4 Å². The van der Waals surface area contributed by atoms with Gasteiger partial charge in [-0.1, -0.05) is 6.07 Å². The van der Waals surface area contributed by atoms with E-state index in [2.05, 4.69) is 4.98 Å². The second-order valence-electron chi connectivity index (χ2n) is 2.69. The summed E-state index contributed by atoms with van der Waals surface area (Å²) < 4.78 is 0.757. The molecular formula is C9H7NO2S. The molecule has 0 unspecified atom stereocenters. The molecule has 1 heterocycles. The molecule has 0 aliphatic rings. The molecule has 13 heavy (non-hydrogen) atoms. The van der Waals surface area contributed by atoms with E-state index in [9.17, 15) is 4.79 Å². The van der Waals surface area contributed by atoms with Crippen molar-refractivity contribution in [3.63, 3.8) is 0 Å². The lowest BCUT2D eigenvalue weighted by atomic mass is 10.2. The van der Waals surface area contributed by atoms with Crippen LogP contribution in [0.3, 0.4) is 0 Å². The normalized spacial score (nSPS) is 10.5. The zero-order valence-corrected chi connectivity index (χ0v) is 7.76. The summed E-state index contributed by atoms with van der Waals surface area (Å²) in [6.45, 7) is 1.87. The number of nitrogens with zero attached hydrogens (tertiary/aromatic N) is 1. The molecule has 2 rings (SSSR count). The third-order valence-corrected chi connectivity index (χ3v) is 2.77. The van der Waals surface area contributed by atoms with Crippen LogP contribution in [-0.2, 0) is 0 Å². The van der Waals surface area contributed by atoms with Gasteiger partial charge >= 0.3 is 5.97 Å². The van der Waals surface area contributed by atoms with E-state index in [4.69, 9.17) is 5.11 Å². The van der Waals surface area contributed by atoms with E-state index in [1.54, 1.807) is 12.1 Å². The fourth-order valence-corrected chi connectivity index (χ4v) is 2.15. The van der Waals surface area contributed by atoms with E-state index in [-0.39, 0.29) is 0 Å². The first-order valence-corrected chi connectivity index (χ1v) is 4.59. The van der Waals surface area contributed by atoms with E-state index in [1.165, 1.54) is 11.3 Å². The SMILES string of the molecule is Cc1nc2cccc(C(=O)O)c2s1. The lowest BCUT2D eigenvalue weighted by Crippen LogP contribution is -1.95. The number of benzene rings is 1. The van der Waals surface area contributed by atoms with E-state index in [1.807, 2.05) is 13.0 Å². The molecule has 2 aromatic rings. The van der Waals surface area contributed by atoms with Gasteiger partial charge in [0, 0.05) is 0 Å². The predicted octanol–water partition coefficient (Wildman–Crippen LogP) is 2.30. The second kappa shape index (κ2) is 2.81. The van der Waals surface area contributed by atoms with Crippen LogP contribution in [0.15, 0.2) is 18.2 Å². The summed E-state index contributed by atoms with van der Waals surface area (Å²) in [4.78, 5) is 15.0. The van der Waals surface area contributed by atoms with E-state index in [0.717, 1.165) is 15.2 Å². The molecule has 0 radical (unpaired) electrons. The highest BCUT2D eigenvalue weighted by Gasteiger charge is 2.10. The van der Waals surface area contributed by atoms with Crippen LogP contribution in [0.4, 0.5) is 0 Å². The van der Waals surface area contributed by atoms with Crippen LogP contribution < -0.4 is 0 Å². The Morgan fingerprint density at radius 3 is 3.00 bits per heavy atom. The van der Waals surface area contributed by atoms with E-state index >= 15 is 0 Å². The van der Waals surface area contributed by atoms with Crippen LogP contribution in [0.25, 0.3) is 10.2 Å². The average Bonchev–Trinajstić information content (AvgIpc) is 2.43. The molecule has 0 atom stereocenters. The van der Waals surface area contributed by atoms with Gasteiger partial charge in [-0.3, -0.25) is 0 Å². The predicted molar refractivity (Wildman–Crippen MR) is 51.3 cm³/mol. The summed E-state index contributed by atoms with van der Waals surface area (Å²) in [5.41, 5.74) is 1.10. The van der Waals surface area contributed by atoms with Crippen molar-refractivity contribution in [2.75, 3.05) is 0 Å². The van der Waals surface area contributed by atoms with Crippen molar-refractivity contribution in [2.24, 2.45) is 0 Å². The molecule has 0 aliphatic heterocycles. The molecule has 0 bridgehead atoms. The number of thiazole rings is 1. The maximum absolute atomic E-state index is 10.8. The Hall–Kier alpha value is -1.42. The third-order valence-electron chi connectivity index (χ3n) is 1.75. The number of carbonyl (C=O) groups is 1. The fraction of sp³-hybridized carbons (Fsp3) is 0.111. The number of carboxylic acids is 1. The summed E-state index contributed by atoms with van der Waals surface area (Å²) in [5.74, 6) is -0.894. The first kappa shape index (κ1) is 8.19. The zero-order chi connectivity index (χ0) is 9.42. The summed E-state index contributed by atoms with van der Waals surface area (Å²) in [6, 6.07) is 5.14. The first-order chi connectivity index (χ1) is 6.18. The number of aryl methyl sites for hydroxylation is 1. The van der Waals surface area contributed by atoms with Crippen molar-refractivity contribution < 1.29 is 9.90 Å². The van der Waals surface area contributed by atoms with Gasteiger partial charge < -0.3 is 5.11 Å². The van der Waals surface area contributed by atoms with Gasteiger partial charge in [-0.25, -0.2) is 9.78 Å². The largest absolute Gasteiger partial charge is 0.478 e. The number of hydrogen-bond donors (Lipinski definition) is 1. The van der Waals surface area contributed by atoms with Crippen LogP contribution in [-0.4, -0.2) is 16.1 Å². The maximum Gasteiger partial charge on any atom is 0.337 e. The third kappa shape index (κ3) is 1.29. The monoisotopic (exact) mass is 193 g/mol. The van der Waals surface area contributed by atoms with Crippen molar-refractivity contribution in [3.05, 3.63) is 28.8 Å². The number of aromatic carboxylic acids is 1. The highest BCUT2D eigenvalue weighted by molar-refractivity contribution is 7.18. The summed E-state index contributed by atoms with van der Waals surface area (Å²) in [7, 11) is 0. The minimum absolute atomic E-state index is 0.336. The minimum atomic E-state index is -0.894. The second-order valence-corrected chi connectivity index (χ2v) is 3.90. The molecule has 0 saturated carbocycles. The Balaban J connectivity index is 2.82. The molecule has 0 fully saturated rings. The van der Waals surface area contributed by atoms with Crippen LogP contribution in [0.5, 0.6) is 0 Å². The maximum atomic E-state index is 10.8. The van der Waals surface area contributed by atoms with Crippen molar-refractivity contribution in [3.8, 4) is 0 Å². The molecule has 3 nitrogen and oxygen atoms in total. The molecule has 4 heteroatoms. The highest BCUT2D eigenvalue weighted by atomic mass is 32.1. The van der Waals surface area contributed by atoms with Gasteiger partial charge in [0.2, 0.25) is 0 Å². The lowest BCUT2D eigenvalue weighted by molar-refractivity contribution is 0.0699. The quantitative estimate of drug-likeness (QED) is 0.756. The molecule has 0 aliphatic carbocycles. The molecule has 1 N–H and O–H groups in total. The summed E-state index contributed by atoms with van der Waals surface area (Å²) in [5, 5.41) is 9.76. The molecule has 0 saturated heterocycles. The smallest absolute Gasteiger partial charge is 0.337 e. The van der Waals surface area contributed by atoms with Crippen LogP contribution in [0.2, 0.25) is 0 Å². The molecule has 0 amide bonds. The Labute approximate surface area is 78.7 Å². The number of hydrogen-bond acceptors (Lipinski definition) is 3. The van der Waals surface area contributed by atoms with Gasteiger partial charge in [-0.15, -0.1) is 11.3 Å².